The fourth-order valence-corrected chi connectivity index (χ4v) is 1.79. The zero-order valence-electron chi connectivity index (χ0n) is 7.24. The van der Waals surface area contributed by atoms with E-state index in [0.29, 0.717) is 6.42 Å². The first-order chi connectivity index (χ1) is 6.11. The van der Waals surface area contributed by atoms with E-state index in [1.54, 1.807) is 0 Å². The Morgan fingerprint density at radius 1 is 0.769 bits per heavy atom. The van der Waals surface area contributed by atoms with Crippen LogP contribution in [0, 0.1) is 11.8 Å². The molecule has 78 valence electrons. The van der Waals surface area contributed by atoms with Gasteiger partial charge in [-0.05, 0) is 6.42 Å². The molecule has 0 spiro atoms. The van der Waals surface area contributed by atoms with Crippen LogP contribution in [0.15, 0.2) is 0 Å². The predicted molar refractivity (Wildman–Crippen MR) is 43.8 cm³/mol. The molecule has 0 saturated heterocycles. The van der Waals surface area contributed by atoms with Crippen LogP contribution in [0.3, 0.4) is 0 Å². The van der Waals surface area contributed by atoms with Crippen LogP contribution >= 0.6 is 0 Å². The van der Waals surface area contributed by atoms with Crippen molar-refractivity contribution in [2.45, 2.75) is 24.7 Å². The average molecular weight is 192 g/mol. The van der Waals surface area contributed by atoms with E-state index in [2.05, 4.69) is 0 Å². The number of aliphatic hydroxyl groups excluding tert-OH is 5. The van der Waals surface area contributed by atoms with E-state index in [4.69, 9.17) is 10.2 Å². The van der Waals surface area contributed by atoms with Crippen molar-refractivity contribution in [3.05, 3.63) is 0 Å². The highest BCUT2D eigenvalue weighted by molar-refractivity contribution is 4.91. The number of hydrogen-bond donors (Lipinski definition) is 5. The second kappa shape index (κ2) is 4.34. The minimum absolute atomic E-state index is 0.249. The van der Waals surface area contributed by atoms with Gasteiger partial charge in [0.2, 0.25) is 0 Å². The van der Waals surface area contributed by atoms with Gasteiger partial charge in [-0.25, -0.2) is 0 Å². The third kappa shape index (κ3) is 2.00. The van der Waals surface area contributed by atoms with Crippen LogP contribution in [-0.2, 0) is 0 Å². The summed E-state index contributed by atoms with van der Waals surface area (Å²) in [6.07, 6.45) is -3.17. The van der Waals surface area contributed by atoms with Gasteiger partial charge in [-0.2, -0.15) is 0 Å². The second-order valence-corrected chi connectivity index (χ2v) is 3.59. The SMILES string of the molecule is OCC1C[C@H](CO)C(O)[C@H](O)[C@@H]1O. The first-order valence-electron chi connectivity index (χ1n) is 4.37. The molecule has 1 aliphatic rings. The Balaban J connectivity index is 2.66. The van der Waals surface area contributed by atoms with Crippen molar-refractivity contribution < 1.29 is 25.5 Å². The van der Waals surface area contributed by atoms with Crippen LogP contribution in [0.4, 0.5) is 0 Å². The summed E-state index contributed by atoms with van der Waals surface area (Å²) in [5, 5.41) is 45.8. The normalized spacial score (nSPS) is 46.4. The quantitative estimate of drug-likeness (QED) is 0.338. The molecule has 0 aliphatic heterocycles. The van der Waals surface area contributed by atoms with Gasteiger partial charge in [0.15, 0.2) is 0 Å². The van der Waals surface area contributed by atoms with Gasteiger partial charge < -0.3 is 25.5 Å². The Morgan fingerprint density at radius 2 is 1.15 bits per heavy atom. The lowest BCUT2D eigenvalue weighted by Crippen LogP contribution is -2.52. The topological polar surface area (TPSA) is 101 Å². The van der Waals surface area contributed by atoms with Crippen LogP contribution in [0.2, 0.25) is 0 Å². The summed E-state index contributed by atoms with van der Waals surface area (Å²) in [5.74, 6) is -0.925. The lowest BCUT2D eigenvalue weighted by atomic mass is 9.76. The molecule has 13 heavy (non-hydrogen) atoms. The number of aliphatic hydroxyl groups is 5. The molecule has 0 amide bonds. The summed E-state index contributed by atoms with van der Waals surface area (Å²) in [7, 11) is 0. The molecule has 5 atom stereocenters. The van der Waals surface area contributed by atoms with Gasteiger partial charge >= 0.3 is 0 Å². The molecule has 0 bridgehead atoms. The van der Waals surface area contributed by atoms with Crippen LogP contribution in [0.5, 0.6) is 0 Å². The fourth-order valence-electron chi connectivity index (χ4n) is 1.79. The van der Waals surface area contributed by atoms with E-state index in [9.17, 15) is 15.3 Å². The number of hydrogen-bond acceptors (Lipinski definition) is 5. The Hall–Kier alpha value is -0.200. The van der Waals surface area contributed by atoms with Crippen molar-refractivity contribution in [2.75, 3.05) is 13.2 Å². The molecule has 1 fully saturated rings. The van der Waals surface area contributed by atoms with E-state index < -0.39 is 30.1 Å². The van der Waals surface area contributed by atoms with Crippen molar-refractivity contribution in [3.8, 4) is 0 Å². The molecular weight excluding hydrogens is 176 g/mol. The molecule has 0 heterocycles. The maximum Gasteiger partial charge on any atom is 0.106 e. The molecule has 0 radical (unpaired) electrons. The number of rotatable bonds is 2. The van der Waals surface area contributed by atoms with Gasteiger partial charge in [-0.1, -0.05) is 0 Å². The standard InChI is InChI=1S/C8H16O5/c9-2-4-1-5(3-10)7(12)8(13)6(4)11/h4-13H,1-3H2/t4-,5?,6?,7-,8+/m1/s1. The summed E-state index contributed by atoms with van der Waals surface area (Å²) in [5.41, 5.74) is 0. The second-order valence-electron chi connectivity index (χ2n) is 3.59. The van der Waals surface area contributed by atoms with E-state index in [0.717, 1.165) is 0 Å². The summed E-state index contributed by atoms with van der Waals surface area (Å²) >= 11 is 0. The first kappa shape index (κ1) is 10.9. The molecule has 0 aromatic carbocycles. The zero-order chi connectivity index (χ0) is 10.0. The van der Waals surface area contributed by atoms with Gasteiger partial charge in [0.1, 0.15) is 6.10 Å². The zero-order valence-corrected chi connectivity index (χ0v) is 7.24. The molecule has 2 unspecified atom stereocenters. The molecule has 5 nitrogen and oxygen atoms in total. The predicted octanol–water partition coefficient (Wildman–Crippen LogP) is -2.31. The van der Waals surface area contributed by atoms with Crippen LogP contribution in [0.1, 0.15) is 6.42 Å². The minimum Gasteiger partial charge on any atom is -0.396 e. The fraction of sp³-hybridized carbons (Fsp3) is 1.00. The van der Waals surface area contributed by atoms with Crippen LogP contribution in [-0.4, -0.2) is 57.1 Å². The average Bonchev–Trinajstić information content (AvgIpc) is 2.15. The summed E-state index contributed by atoms with van der Waals surface area (Å²) in [6, 6.07) is 0. The molecule has 5 heteroatoms. The van der Waals surface area contributed by atoms with Crippen molar-refractivity contribution in [3.63, 3.8) is 0 Å². The highest BCUT2D eigenvalue weighted by atomic mass is 16.4. The summed E-state index contributed by atoms with van der Waals surface area (Å²) in [4.78, 5) is 0. The molecule has 1 saturated carbocycles. The van der Waals surface area contributed by atoms with Gasteiger partial charge in [-0.3, -0.25) is 0 Å². The minimum atomic E-state index is -1.27. The highest BCUT2D eigenvalue weighted by Gasteiger charge is 2.41. The molecule has 0 aromatic rings. The largest absolute Gasteiger partial charge is 0.396 e. The molecular formula is C8H16O5. The van der Waals surface area contributed by atoms with Crippen molar-refractivity contribution in [2.24, 2.45) is 11.8 Å². The molecule has 0 aromatic heterocycles. The Bertz CT molecular complexity index is 143. The maximum absolute atomic E-state index is 9.37. The van der Waals surface area contributed by atoms with E-state index in [-0.39, 0.29) is 13.2 Å². The monoisotopic (exact) mass is 192 g/mol. The molecule has 5 N–H and O–H groups in total. The van der Waals surface area contributed by atoms with E-state index in [1.165, 1.54) is 0 Å². The van der Waals surface area contributed by atoms with E-state index >= 15 is 0 Å². The van der Waals surface area contributed by atoms with Crippen LogP contribution < -0.4 is 0 Å². The van der Waals surface area contributed by atoms with Gasteiger partial charge in [0.25, 0.3) is 0 Å². The Labute approximate surface area is 76.3 Å². The highest BCUT2D eigenvalue weighted by Crippen LogP contribution is 2.29. The third-order valence-corrected chi connectivity index (χ3v) is 2.74. The lowest BCUT2D eigenvalue weighted by molar-refractivity contribution is -0.148. The first-order valence-corrected chi connectivity index (χ1v) is 4.37. The van der Waals surface area contributed by atoms with Crippen molar-refractivity contribution in [1.82, 2.24) is 0 Å². The Morgan fingerprint density at radius 3 is 1.46 bits per heavy atom. The third-order valence-electron chi connectivity index (χ3n) is 2.74. The maximum atomic E-state index is 9.37. The van der Waals surface area contributed by atoms with Gasteiger partial charge in [0, 0.05) is 25.0 Å². The van der Waals surface area contributed by atoms with Crippen molar-refractivity contribution in [1.29, 1.82) is 0 Å². The summed E-state index contributed by atoms with van der Waals surface area (Å²) < 4.78 is 0. The van der Waals surface area contributed by atoms with Gasteiger partial charge in [0.05, 0.1) is 12.2 Å². The van der Waals surface area contributed by atoms with Crippen LogP contribution in [0.25, 0.3) is 0 Å². The summed E-state index contributed by atoms with van der Waals surface area (Å²) in [6.45, 7) is -0.497. The molecule has 1 aliphatic carbocycles. The lowest BCUT2D eigenvalue weighted by Gasteiger charge is -2.39. The molecule has 1 rings (SSSR count). The smallest absolute Gasteiger partial charge is 0.106 e. The Kier molecular flexibility index (Phi) is 3.63. The van der Waals surface area contributed by atoms with Crippen molar-refractivity contribution >= 4 is 0 Å². The van der Waals surface area contributed by atoms with E-state index in [1.807, 2.05) is 0 Å². The van der Waals surface area contributed by atoms with Gasteiger partial charge in [-0.15, -0.1) is 0 Å².